The summed E-state index contributed by atoms with van der Waals surface area (Å²) in [4.78, 5) is 56.9. The smallest absolute Gasteiger partial charge is 0.396 e. The van der Waals surface area contributed by atoms with Crippen molar-refractivity contribution >= 4 is 63.8 Å². The topological polar surface area (TPSA) is 279 Å². The van der Waals surface area contributed by atoms with Gasteiger partial charge in [0, 0.05) is 11.3 Å². The summed E-state index contributed by atoms with van der Waals surface area (Å²) in [5, 5.41) is 12.1. The first-order valence-electron chi connectivity index (χ1n) is 9.55. The highest BCUT2D eigenvalue weighted by Gasteiger charge is 2.58. The van der Waals surface area contributed by atoms with Crippen LogP contribution in [0.4, 0.5) is 5.95 Å². The van der Waals surface area contributed by atoms with E-state index in [4.69, 9.17) is 48.0 Å². The number of aliphatic hydroxyl groups excluding tert-OH is 1. The largest absolute Gasteiger partial charge is 0.490 e. The van der Waals surface area contributed by atoms with Gasteiger partial charge < -0.3 is 35.2 Å². The molecule has 0 radical (unpaired) electrons. The number of phosphoric ester groups is 1. The monoisotopic (exact) mass is 627 g/mol. The molecule has 7 atom stereocenters. The van der Waals surface area contributed by atoms with Crippen molar-refractivity contribution in [1.29, 1.82) is 0 Å². The lowest BCUT2D eigenvalue weighted by atomic mass is 9.87. The number of hydrogen-bond donors (Lipinski definition) is 7. The van der Waals surface area contributed by atoms with Gasteiger partial charge in [-0.2, -0.15) is 13.6 Å². The van der Waals surface area contributed by atoms with Gasteiger partial charge in [-0.1, -0.05) is 17.5 Å². The Bertz CT molecular complexity index is 1450. The predicted octanol–water partition coefficient (Wildman–Crippen LogP) is 0.117. The SMILES string of the molecule is C[C@@H](OP(=O)(O)OP(=O)(O)OP(=O)(O)O)[C@H]1O[C@@H](n2cnc3c(=O)[nH]c(N)nc32)C(Cl)(C#CCl)C1CO. The maximum Gasteiger partial charge on any atom is 0.490 e. The van der Waals surface area contributed by atoms with Crippen LogP contribution in [0, 0.1) is 17.2 Å². The van der Waals surface area contributed by atoms with E-state index in [1.54, 1.807) is 0 Å². The zero-order valence-corrected chi connectivity index (χ0v) is 22.3. The van der Waals surface area contributed by atoms with Crippen LogP contribution >= 0.6 is 46.7 Å². The molecule has 1 saturated heterocycles. The van der Waals surface area contributed by atoms with Crippen LogP contribution in [-0.2, 0) is 31.6 Å². The molecular formula is C14H18Cl2N5O13P3. The number of fused-ring (bicyclic) bond motifs is 1. The van der Waals surface area contributed by atoms with Crippen molar-refractivity contribution in [3.63, 3.8) is 0 Å². The minimum absolute atomic E-state index is 0.106. The molecule has 0 saturated carbocycles. The first-order valence-corrected chi connectivity index (χ1v) is 14.8. The fourth-order valence-electron chi connectivity index (χ4n) is 3.62. The average molecular weight is 628 g/mol. The Hall–Kier alpha value is -1.38. The van der Waals surface area contributed by atoms with Crippen LogP contribution in [0.25, 0.3) is 11.2 Å². The van der Waals surface area contributed by atoms with E-state index in [9.17, 15) is 33.4 Å². The number of nitrogens with one attached hydrogen (secondary N) is 1. The quantitative estimate of drug-likeness (QED) is 0.110. The summed E-state index contributed by atoms with van der Waals surface area (Å²) in [6.45, 7) is 0.343. The van der Waals surface area contributed by atoms with Gasteiger partial charge in [-0.25, -0.2) is 18.7 Å². The highest BCUT2D eigenvalue weighted by atomic mass is 35.5. The standard InChI is InChI=1S/C14H18Cl2N5O13P3/c1-6(32-36(27,28)34-37(29,30)33-35(24,25)26)9-7(4-22)14(16,2-3-15)12(31-9)21-5-18-8-10(21)19-13(17)20-11(8)23/h5-7,9,12,22H,4H2,1H3,(H,27,28)(H,29,30)(H2,24,25,26)(H3,17,19,20,23)/t6-,7?,9-,12-,14?/m1/s1. The number of anilines is 1. The number of phosphoric acid groups is 3. The van der Waals surface area contributed by atoms with Crippen molar-refractivity contribution in [3.05, 3.63) is 16.7 Å². The van der Waals surface area contributed by atoms with Gasteiger partial charge in [0.1, 0.15) is 0 Å². The molecule has 8 N–H and O–H groups in total. The molecule has 3 rings (SSSR count). The van der Waals surface area contributed by atoms with Crippen molar-refractivity contribution in [2.45, 2.75) is 30.2 Å². The molecule has 3 heterocycles. The number of nitrogens with zero attached hydrogens (tertiary/aromatic N) is 3. The predicted molar refractivity (Wildman–Crippen MR) is 124 cm³/mol. The summed E-state index contributed by atoms with van der Waals surface area (Å²) in [6, 6.07) is 0. The van der Waals surface area contributed by atoms with Crippen LogP contribution < -0.4 is 11.3 Å². The molecule has 2 aromatic rings. The Kier molecular flexibility index (Phi) is 8.68. The maximum atomic E-state index is 12.3. The number of alkyl halides is 1. The fraction of sp³-hybridized carbons (Fsp3) is 0.500. The number of aromatic amines is 1. The highest BCUT2D eigenvalue weighted by Crippen LogP contribution is 2.67. The van der Waals surface area contributed by atoms with Gasteiger partial charge >= 0.3 is 23.5 Å². The molecule has 1 fully saturated rings. The van der Waals surface area contributed by atoms with E-state index in [1.807, 2.05) is 0 Å². The summed E-state index contributed by atoms with van der Waals surface area (Å²) in [6.07, 6.45) is -3.33. The molecule has 4 unspecified atom stereocenters. The Labute approximate surface area is 216 Å². The van der Waals surface area contributed by atoms with E-state index >= 15 is 0 Å². The van der Waals surface area contributed by atoms with E-state index in [1.165, 1.54) is 0 Å². The minimum atomic E-state index is -5.79. The Morgan fingerprint density at radius 2 is 1.95 bits per heavy atom. The molecular weight excluding hydrogens is 610 g/mol. The van der Waals surface area contributed by atoms with Crippen molar-refractivity contribution in [2.24, 2.45) is 5.92 Å². The van der Waals surface area contributed by atoms with E-state index < -0.39 is 64.9 Å². The van der Waals surface area contributed by atoms with Gasteiger partial charge in [-0.3, -0.25) is 18.9 Å². The van der Waals surface area contributed by atoms with Gasteiger partial charge in [0.05, 0.1) is 25.1 Å². The Balaban J connectivity index is 1.97. The third-order valence-electron chi connectivity index (χ3n) is 4.90. The number of halogens is 2. The van der Waals surface area contributed by atoms with Gasteiger partial charge in [-0.05, 0) is 18.5 Å². The zero-order chi connectivity index (χ0) is 28.0. The van der Waals surface area contributed by atoms with Crippen molar-refractivity contribution in [3.8, 4) is 11.3 Å². The Morgan fingerprint density at radius 3 is 2.51 bits per heavy atom. The van der Waals surface area contributed by atoms with Crippen LogP contribution in [0.1, 0.15) is 13.2 Å². The zero-order valence-electron chi connectivity index (χ0n) is 18.1. The van der Waals surface area contributed by atoms with Gasteiger partial charge in [0.15, 0.2) is 22.3 Å². The third-order valence-corrected chi connectivity index (χ3v) is 9.48. The number of imidazole rings is 1. The number of aromatic nitrogens is 4. The van der Waals surface area contributed by atoms with E-state index in [-0.39, 0.29) is 17.1 Å². The van der Waals surface area contributed by atoms with Crippen molar-refractivity contribution in [2.75, 3.05) is 12.3 Å². The van der Waals surface area contributed by atoms with Crippen LogP contribution in [0.3, 0.4) is 0 Å². The number of ether oxygens (including phenoxy) is 1. The summed E-state index contributed by atoms with van der Waals surface area (Å²) < 4.78 is 53.9. The summed E-state index contributed by atoms with van der Waals surface area (Å²) in [5.74, 6) is 0.932. The lowest BCUT2D eigenvalue weighted by molar-refractivity contribution is -0.0641. The molecule has 23 heteroatoms. The third kappa shape index (κ3) is 6.62. The van der Waals surface area contributed by atoms with E-state index in [0.717, 1.165) is 17.8 Å². The number of rotatable bonds is 9. The molecule has 0 bridgehead atoms. The molecule has 0 aliphatic carbocycles. The number of aliphatic hydroxyl groups is 1. The number of nitrogen functional groups attached to an aromatic ring is 1. The number of H-pyrrole nitrogens is 1. The van der Waals surface area contributed by atoms with Gasteiger partial charge in [0.2, 0.25) is 5.95 Å². The first-order chi connectivity index (χ1) is 16.9. The molecule has 0 amide bonds. The van der Waals surface area contributed by atoms with Crippen LogP contribution in [-0.4, -0.2) is 67.9 Å². The molecule has 18 nitrogen and oxygen atoms in total. The second-order valence-electron chi connectivity index (χ2n) is 7.41. The van der Waals surface area contributed by atoms with Gasteiger partial charge in [0.25, 0.3) is 5.56 Å². The lowest BCUT2D eigenvalue weighted by Gasteiger charge is -2.28. The molecule has 37 heavy (non-hydrogen) atoms. The second kappa shape index (κ2) is 10.6. The average Bonchev–Trinajstić information content (AvgIpc) is 3.23. The molecule has 0 spiro atoms. The van der Waals surface area contributed by atoms with Crippen molar-refractivity contribution in [1.82, 2.24) is 19.5 Å². The van der Waals surface area contributed by atoms with E-state index in [0.29, 0.717) is 0 Å². The second-order valence-corrected chi connectivity index (χ2v) is 12.6. The van der Waals surface area contributed by atoms with Crippen molar-refractivity contribution < 1.29 is 56.3 Å². The molecule has 1 aliphatic rings. The number of hydrogen-bond acceptors (Lipinski definition) is 12. The molecule has 1 aliphatic heterocycles. The summed E-state index contributed by atoms with van der Waals surface area (Å²) >= 11 is 12.3. The maximum absolute atomic E-state index is 12.3. The van der Waals surface area contributed by atoms with Crippen LogP contribution in [0.5, 0.6) is 0 Å². The first kappa shape index (κ1) is 30.2. The van der Waals surface area contributed by atoms with Crippen LogP contribution in [0.2, 0.25) is 0 Å². The van der Waals surface area contributed by atoms with E-state index in [2.05, 4.69) is 34.9 Å². The summed E-state index contributed by atoms with van der Waals surface area (Å²) in [7, 11) is -17.0. The highest BCUT2D eigenvalue weighted by molar-refractivity contribution is 7.66. The van der Waals surface area contributed by atoms with Gasteiger partial charge in [-0.15, -0.1) is 0 Å². The minimum Gasteiger partial charge on any atom is -0.396 e. The normalized spacial score (nSPS) is 28.3. The van der Waals surface area contributed by atoms with Crippen LogP contribution in [0.15, 0.2) is 11.1 Å². The fourth-order valence-corrected chi connectivity index (χ4v) is 7.42. The number of nitrogens with two attached hydrogens (primary N) is 1. The molecule has 0 aromatic carbocycles. The Morgan fingerprint density at radius 1 is 1.30 bits per heavy atom. The molecule has 206 valence electrons. The summed E-state index contributed by atoms with van der Waals surface area (Å²) in [5.41, 5.74) is 4.63. The molecule has 2 aromatic heterocycles. The lowest BCUT2D eigenvalue weighted by Crippen LogP contribution is -2.41.